The van der Waals surface area contributed by atoms with Gasteiger partial charge in [0.2, 0.25) is 0 Å². The Morgan fingerprint density at radius 2 is 1.00 bits per heavy atom. The fraction of sp³-hybridized carbons (Fsp3) is 0.731. The molecule has 1 saturated heterocycles. The zero-order valence-corrected chi connectivity index (χ0v) is 26.5. The molecule has 1 aromatic rings. The molecule has 0 N–H and O–H groups in total. The smallest absolute Gasteiger partial charge is 0.187 e. The van der Waals surface area contributed by atoms with Gasteiger partial charge in [0.15, 0.2) is 0 Å². The molecule has 31 heavy (non-hydrogen) atoms. The molecule has 0 aromatic heterocycles. The molecule has 1 fully saturated rings. The van der Waals surface area contributed by atoms with E-state index in [-0.39, 0.29) is 39.5 Å². The maximum absolute atomic E-state index is 16.3. The molecule has 0 spiro atoms. The fourth-order valence-electron chi connectivity index (χ4n) is 5.61. The van der Waals surface area contributed by atoms with Gasteiger partial charge in [0, 0.05) is 30.0 Å². The van der Waals surface area contributed by atoms with E-state index in [4.69, 9.17) is 0 Å². The standard InChI is InChI=1S/C26H48FPSi2.Li/c1-23(2,3)18-16-19(24(4,5)6)21(20(17-18)25(7,8)9)28-22(27)26(28,29(10,11)12)30(13,14)15;/h16-17,28H,1-15H3;/q+1;. The zero-order valence-electron chi connectivity index (χ0n) is 23.5. The van der Waals surface area contributed by atoms with E-state index in [9.17, 15) is 0 Å². The van der Waals surface area contributed by atoms with Crippen LogP contribution in [0.15, 0.2) is 12.1 Å². The molecule has 1 aliphatic rings. The van der Waals surface area contributed by atoms with Gasteiger partial charge in [-0.15, -0.1) is 0 Å². The molecular weight excluding hydrogens is 425 g/mol. The van der Waals surface area contributed by atoms with Crippen LogP contribution in [0.5, 0.6) is 0 Å². The minimum Gasteiger partial charge on any atom is -0.187 e. The van der Waals surface area contributed by atoms with Crippen molar-refractivity contribution < 1.29 is 4.39 Å². The van der Waals surface area contributed by atoms with E-state index in [2.05, 4.69) is 114 Å². The molecule has 2 radical (unpaired) electrons. The first kappa shape index (κ1) is 29.6. The fourth-order valence-corrected chi connectivity index (χ4v) is 28.7. The van der Waals surface area contributed by atoms with Crippen LogP contribution < -0.4 is 5.30 Å². The van der Waals surface area contributed by atoms with Crippen molar-refractivity contribution in [1.29, 1.82) is 0 Å². The largest absolute Gasteiger partial charge is 0.318 e. The van der Waals surface area contributed by atoms with Crippen molar-refractivity contribution in [1.82, 2.24) is 0 Å². The van der Waals surface area contributed by atoms with E-state index in [1.807, 2.05) is 0 Å². The molecule has 1 heterocycles. The zero-order chi connectivity index (χ0) is 23.9. The van der Waals surface area contributed by atoms with Gasteiger partial charge in [0.05, 0.1) is 7.92 Å². The predicted octanol–water partition coefficient (Wildman–Crippen LogP) is 8.00. The van der Waals surface area contributed by atoms with E-state index < -0.39 is 24.1 Å². The Morgan fingerprint density at radius 1 is 0.677 bits per heavy atom. The van der Waals surface area contributed by atoms with Gasteiger partial charge in [-0.3, -0.25) is 0 Å². The molecule has 1 aliphatic heterocycles. The summed E-state index contributed by atoms with van der Waals surface area (Å²) in [6.45, 7) is 35.3. The molecule has 1 atom stereocenters. The first-order chi connectivity index (χ1) is 13.0. The summed E-state index contributed by atoms with van der Waals surface area (Å²) in [6.07, 6.45) is 0. The van der Waals surface area contributed by atoms with E-state index in [0.717, 1.165) is 0 Å². The van der Waals surface area contributed by atoms with Crippen LogP contribution in [-0.2, 0) is 16.2 Å². The van der Waals surface area contributed by atoms with Crippen molar-refractivity contribution in [2.45, 2.75) is 122 Å². The number of halogens is 1. The number of benzene rings is 1. The van der Waals surface area contributed by atoms with Gasteiger partial charge < -0.3 is 0 Å². The van der Waals surface area contributed by atoms with Gasteiger partial charge >= 0.3 is 5.91 Å². The van der Waals surface area contributed by atoms with Crippen LogP contribution in [0.1, 0.15) is 79.0 Å². The van der Waals surface area contributed by atoms with E-state index in [1.165, 1.54) is 22.0 Å². The summed E-state index contributed by atoms with van der Waals surface area (Å²) in [5.41, 5.74) is 4.28. The van der Waals surface area contributed by atoms with E-state index in [1.54, 1.807) is 0 Å². The molecule has 5 heteroatoms. The van der Waals surface area contributed by atoms with Gasteiger partial charge in [0.1, 0.15) is 25.9 Å². The van der Waals surface area contributed by atoms with Crippen LogP contribution in [-0.4, -0.2) is 39.4 Å². The Balaban J connectivity index is 0.00000480. The van der Waals surface area contributed by atoms with Crippen LogP contribution in [0, 0.1) is 5.91 Å². The van der Waals surface area contributed by atoms with Crippen molar-refractivity contribution >= 4 is 48.2 Å². The third kappa shape index (κ3) is 5.03. The van der Waals surface area contributed by atoms with Crippen molar-refractivity contribution in [3.63, 3.8) is 0 Å². The topological polar surface area (TPSA) is 0 Å². The molecule has 1 aromatic carbocycles. The average Bonchev–Trinajstić information content (AvgIpc) is 3.09. The van der Waals surface area contributed by atoms with Crippen LogP contribution in [0.4, 0.5) is 4.39 Å². The first-order valence-electron chi connectivity index (χ1n) is 11.6. The van der Waals surface area contributed by atoms with Crippen LogP contribution in [0.3, 0.4) is 0 Å². The van der Waals surface area contributed by atoms with Gasteiger partial charge in [-0.05, 0) is 21.8 Å². The number of hydrogen-bond acceptors (Lipinski definition) is 0. The summed E-state index contributed by atoms with van der Waals surface area (Å²) >= 11 is 0. The molecule has 172 valence electrons. The van der Waals surface area contributed by atoms with Crippen molar-refractivity contribution in [3.05, 3.63) is 34.7 Å². The van der Waals surface area contributed by atoms with Crippen LogP contribution >= 0.6 is 7.92 Å². The van der Waals surface area contributed by atoms with Crippen molar-refractivity contribution in [3.8, 4) is 0 Å². The van der Waals surface area contributed by atoms with E-state index in [0.29, 0.717) is 5.91 Å². The van der Waals surface area contributed by atoms with Gasteiger partial charge in [-0.1, -0.05) is 114 Å². The molecule has 0 saturated carbocycles. The SMILES string of the molecule is CC(C)(C)c1cc(C(C)(C)C)c([PH+]2[C](F)C2([Si](C)(C)C)[Si](C)(C)C)c(C(C)(C)C)c1.[Li]. The third-order valence-corrected chi connectivity index (χ3v) is 25.5. The summed E-state index contributed by atoms with van der Waals surface area (Å²) in [4.78, 5) is 0. The molecule has 0 amide bonds. The summed E-state index contributed by atoms with van der Waals surface area (Å²) in [7, 11) is -4.84. The Morgan fingerprint density at radius 3 is 1.19 bits per heavy atom. The maximum atomic E-state index is 16.3. The second-order valence-corrected chi connectivity index (χ2v) is 29.1. The number of hydrogen-bond donors (Lipinski definition) is 0. The second kappa shape index (κ2) is 8.38. The van der Waals surface area contributed by atoms with Crippen LogP contribution in [0.25, 0.3) is 0 Å². The summed E-state index contributed by atoms with van der Waals surface area (Å²) in [5, 5.41) is 1.43. The molecule has 0 aliphatic carbocycles. The monoisotopic (exact) mass is 473 g/mol. The quantitative estimate of drug-likeness (QED) is 0.308. The molecule has 0 bridgehead atoms. The Kier molecular flexibility index (Phi) is 8.01. The van der Waals surface area contributed by atoms with Gasteiger partial charge in [-0.25, -0.2) is 0 Å². The maximum Gasteiger partial charge on any atom is 0.318 e. The summed E-state index contributed by atoms with van der Waals surface area (Å²) in [5.74, 6) is 0.408. The predicted molar refractivity (Wildman–Crippen MR) is 150 cm³/mol. The minimum atomic E-state index is -1.74. The average molecular weight is 474 g/mol. The van der Waals surface area contributed by atoms with Crippen LogP contribution in [0.2, 0.25) is 39.3 Å². The van der Waals surface area contributed by atoms with Gasteiger partial charge in [-0.2, -0.15) is 4.39 Å². The van der Waals surface area contributed by atoms with Gasteiger partial charge in [0.25, 0.3) is 0 Å². The van der Waals surface area contributed by atoms with Crippen molar-refractivity contribution in [2.24, 2.45) is 0 Å². The number of rotatable bonds is 3. The summed E-state index contributed by atoms with van der Waals surface area (Å²) in [6, 6.07) is 4.88. The molecular formula is C26H48FLiPSi2+. The molecule has 1 unspecified atom stereocenters. The Hall–Kier alpha value is 0.611. The molecule has 2 rings (SSSR count). The minimum absolute atomic E-state index is 0. The second-order valence-electron chi connectivity index (χ2n) is 14.6. The summed E-state index contributed by atoms with van der Waals surface area (Å²) < 4.78 is 16.2. The third-order valence-electron chi connectivity index (χ3n) is 6.98. The van der Waals surface area contributed by atoms with E-state index >= 15 is 4.39 Å². The first-order valence-corrected chi connectivity index (χ1v) is 20.1. The Labute approximate surface area is 208 Å². The normalized spacial score (nSPS) is 20.5. The Bertz CT molecular complexity index is 765. The molecule has 0 nitrogen and oxygen atoms in total. The van der Waals surface area contributed by atoms with Crippen molar-refractivity contribution in [2.75, 3.05) is 0 Å².